The first-order chi connectivity index (χ1) is 13.2. The number of rotatable bonds is 7. The van der Waals surface area contributed by atoms with Crippen LogP contribution in [-0.2, 0) is 9.53 Å². The quantitative estimate of drug-likeness (QED) is 0.247. The number of esters is 1. The molecule has 1 unspecified atom stereocenters. The lowest BCUT2D eigenvalue weighted by atomic mass is 10.0. The highest BCUT2D eigenvalue weighted by atomic mass is 16.6. The van der Waals surface area contributed by atoms with E-state index in [9.17, 15) is 34.6 Å². The number of nitro benzene ring substituents is 2. The average molecular weight is 387 g/mol. The van der Waals surface area contributed by atoms with Crippen molar-refractivity contribution in [3.8, 4) is 0 Å². The monoisotopic (exact) mass is 387 g/mol. The van der Waals surface area contributed by atoms with Crippen molar-refractivity contribution in [2.45, 2.75) is 6.04 Å². The number of carbonyl (C=O) groups is 3. The van der Waals surface area contributed by atoms with E-state index in [0.29, 0.717) is 6.07 Å². The summed E-state index contributed by atoms with van der Waals surface area (Å²) in [5.74, 6) is -2.94. The molecule has 28 heavy (non-hydrogen) atoms. The van der Waals surface area contributed by atoms with E-state index in [1.165, 1.54) is 12.1 Å². The number of amides is 1. The molecule has 11 heteroatoms. The number of benzene rings is 2. The number of ketones is 1. The molecule has 0 saturated carbocycles. The van der Waals surface area contributed by atoms with Crippen LogP contribution in [0.15, 0.2) is 48.5 Å². The van der Waals surface area contributed by atoms with Crippen LogP contribution in [0.5, 0.6) is 0 Å². The Labute approximate surface area is 157 Å². The van der Waals surface area contributed by atoms with Gasteiger partial charge in [-0.3, -0.25) is 29.8 Å². The molecule has 1 N–H and O–H groups in total. The van der Waals surface area contributed by atoms with Gasteiger partial charge in [-0.1, -0.05) is 30.3 Å². The Morgan fingerprint density at radius 2 is 1.46 bits per heavy atom. The third-order valence-corrected chi connectivity index (χ3v) is 3.62. The van der Waals surface area contributed by atoms with Crippen LogP contribution in [0.4, 0.5) is 11.4 Å². The molecular weight excluding hydrogens is 374 g/mol. The Hall–Kier alpha value is -4.15. The summed E-state index contributed by atoms with van der Waals surface area (Å²) in [6.07, 6.45) is 0. The Morgan fingerprint density at radius 1 is 0.929 bits per heavy atom. The molecule has 0 spiro atoms. The van der Waals surface area contributed by atoms with Crippen molar-refractivity contribution in [1.82, 2.24) is 5.32 Å². The number of hydrogen-bond acceptors (Lipinski definition) is 8. The number of nitrogens with zero attached hydrogens (tertiary/aromatic N) is 2. The second kappa shape index (κ2) is 8.49. The van der Waals surface area contributed by atoms with Crippen LogP contribution in [-0.4, -0.2) is 40.7 Å². The zero-order chi connectivity index (χ0) is 20.8. The van der Waals surface area contributed by atoms with Gasteiger partial charge in [0.2, 0.25) is 0 Å². The van der Waals surface area contributed by atoms with Gasteiger partial charge >= 0.3 is 5.97 Å². The van der Waals surface area contributed by atoms with Gasteiger partial charge in [-0.05, 0) is 0 Å². The molecule has 0 fully saturated rings. The number of Topliss-reactive ketones (excluding diaryl/α,β-unsaturated/α-hetero) is 1. The first-order valence-corrected chi connectivity index (χ1v) is 7.66. The second-order valence-electron chi connectivity index (χ2n) is 5.41. The number of nitrogens with one attached hydrogen (secondary N) is 1. The van der Waals surface area contributed by atoms with Gasteiger partial charge in [0.05, 0.1) is 28.6 Å². The van der Waals surface area contributed by atoms with Crippen LogP contribution >= 0.6 is 0 Å². The van der Waals surface area contributed by atoms with Crippen molar-refractivity contribution in [3.63, 3.8) is 0 Å². The third kappa shape index (κ3) is 4.52. The predicted octanol–water partition coefficient (Wildman–Crippen LogP) is 1.66. The van der Waals surface area contributed by atoms with Gasteiger partial charge in [-0.2, -0.15) is 0 Å². The Balaban J connectivity index is 2.38. The smallest absolute Gasteiger partial charge is 0.336 e. The minimum atomic E-state index is -1.74. The molecular formula is C17H13N3O8. The Kier molecular flexibility index (Phi) is 6.11. The van der Waals surface area contributed by atoms with Crippen LogP contribution in [0.2, 0.25) is 0 Å². The predicted molar refractivity (Wildman–Crippen MR) is 93.8 cm³/mol. The zero-order valence-electron chi connectivity index (χ0n) is 14.4. The molecule has 11 nitrogen and oxygen atoms in total. The molecule has 0 aliphatic heterocycles. The van der Waals surface area contributed by atoms with Crippen molar-refractivity contribution in [3.05, 3.63) is 79.9 Å². The van der Waals surface area contributed by atoms with Crippen LogP contribution in [0.3, 0.4) is 0 Å². The lowest BCUT2D eigenvalue weighted by Crippen LogP contribution is -2.47. The van der Waals surface area contributed by atoms with Crippen molar-refractivity contribution in [2.24, 2.45) is 0 Å². The number of hydrogen-bond donors (Lipinski definition) is 1. The highest BCUT2D eigenvalue weighted by Crippen LogP contribution is 2.23. The minimum absolute atomic E-state index is 0.114. The van der Waals surface area contributed by atoms with Crippen molar-refractivity contribution in [2.75, 3.05) is 7.11 Å². The van der Waals surface area contributed by atoms with Crippen LogP contribution in [0.1, 0.15) is 20.7 Å². The molecule has 2 aromatic carbocycles. The molecule has 0 aliphatic rings. The Morgan fingerprint density at radius 3 is 1.93 bits per heavy atom. The molecule has 0 radical (unpaired) electrons. The molecule has 144 valence electrons. The minimum Gasteiger partial charge on any atom is -0.467 e. The fourth-order valence-corrected chi connectivity index (χ4v) is 2.27. The molecule has 1 atom stereocenters. The van der Waals surface area contributed by atoms with Crippen LogP contribution in [0.25, 0.3) is 0 Å². The lowest BCUT2D eigenvalue weighted by Gasteiger charge is -2.15. The van der Waals surface area contributed by atoms with Gasteiger partial charge in [0, 0.05) is 17.7 Å². The van der Waals surface area contributed by atoms with E-state index in [0.717, 1.165) is 19.2 Å². The summed E-state index contributed by atoms with van der Waals surface area (Å²) in [4.78, 5) is 57.0. The molecule has 0 heterocycles. The van der Waals surface area contributed by atoms with E-state index in [1.54, 1.807) is 18.2 Å². The summed E-state index contributed by atoms with van der Waals surface area (Å²) < 4.78 is 4.52. The largest absolute Gasteiger partial charge is 0.467 e. The normalized spacial score (nSPS) is 11.2. The van der Waals surface area contributed by atoms with Gasteiger partial charge in [0.1, 0.15) is 0 Å². The van der Waals surface area contributed by atoms with Crippen molar-refractivity contribution >= 4 is 29.0 Å². The van der Waals surface area contributed by atoms with E-state index >= 15 is 0 Å². The van der Waals surface area contributed by atoms with Crippen molar-refractivity contribution in [1.29, 1.82) is 0 Å². The summed E-state index contributed by atoms with van der Waals surface area (Å²) in [5, 5.41) is 24.0. The maximum absolute atomic E-state index is 12.5. The summed E-state index contributed by atoms with van der Waals surface area (Å²) in [6, 6.07) is 8.12. The molecule has 0 bridgehead atoms. The van der Waals surface area contributed by atoms with Gasteiger partial charge < -0.3 is 10.1 Å². The number of carbonyl (C=O) groups excluding carboxylic acids is 3. The summed E-state index contributed by atoms with van der Waals surface area (Å²) in [6.45, 7) is 0. The van der Waals surface area contributed by atoms with Gasteiger partial charge in [-0.15, -0.1) is 0 Å². The first-order valence-electron chi connectivity index (χ1n) is 7.66. The van der Waals surface area contributed by atoms with Crippen LogP contribution in [0, 0.1) is 20.2 Å². The highest BCUT2D eigenvalue weighted by molar-refractivity contribution is 6.14. The number of ether oxygens (including phenoxy) is 1. The molecule has 2 aromatic rings. The number of non-ortho nitro benzene ring substituents is 2. The number of nitro groups is 2. The van der Waals surface area contributed by atoms with Gasteiger partial charge in [0.15, 0.2) is 11.8 Å². The maximum atomic E-state index is 12.5. The average Bonchev–Trinajstić information content (AvgIpc) is 2.70. The summed E-state index contributed by atoms with van der Waals surface area (Å²) in [5.41, 5.74) is -1.73. The van der Waals surface area contributed by atoms with E-state index in [2.05, 4.69) is 10.1 Å². The third-order valence-electron chi connectivity index (χ3n) is 3.62. The molecule has 0 saturated heterocycles. The standard InChI is InChI=1S/C17H13N3O8/c1-28-17(23)14(15(21)10-5-3-2-4-6-10)18-16(22)11-7-12(19(24)25)9-13(8-11)20(26)27/h2-9,14H,1H3,(H,18,22). The van der Waals surface area contributed by atoms with E-state index in [4.69, 9.17) is 0 Å². The molecule has 2 rings (SSSR count). The number of methoxy groups -OCH3 is 1. The first kappa shape index (κ1) is 20.2. The highest BCUT2D eigenvalue weighted by Gasteiger charge is 2.31. The summed E-state index contributed by atoms with van der Waals surface area (Å²) in [7, 11) is 1.01. The fourth-order valence-electron chi connectivity index (χ4n) is 2.27. The molecule has 0 aliphatic carbocycles. The van der Waals surface area contributed by atoms with E-state index in [-0.39, 0.29) is 5.56 Å². The lowest BCUT2D eigenvalue weighted by molar-refractivity contribution is -0.394. The van der Waals surface area contributed by atoms with E-state index in [1.807, 2.05) is 0 Å². The van der Waals surface area contributed by atoms with Crippen LogP contribution < -0.4 is 5.32 Å². The zero-order valence-corrected chi connectivity index (χ0v) is 14.4. The van der Waals surface area contributed by atoms with E-state index < -0.39 is 50.5 Å². The summed E-state index contributed by atoms with van der Waals surface area (Å²) >= 11 is 0. The Bertz CT molecular complexity index is 926. The second-order valence-corrected chi connectivity index (χ2v) is 5.41. The molecule has 1 amide bonds. The van der Waals surface area contributed by atoms with Gasteiger partial charge in [0.25, 0.3) is 17.3 Å². The fraction of sp³-hybridized carbons (Fsp3) is 0.118. The van der Waals surface area contributed by atoms with Crippen molar-refractivity contribution < 1.29 is 29.0 Å². The topological polar surface area (TPSA) is 159 Å². The van der Waals surface area contributed by atoms with Gasteiger partial charge in [-0.25, -0.2) is 4.79 Å². The maximum Gasteiger partial charge on any atom is 0.336 e. The SMILES string of the molecule is COC(=O)C(NC(=O)c1cc([N+](=O)[O-])cc([N+](=O)[O-])c1)C(=O)c1ccccc1. The molecule has 0 aromatic heterocycles.